The van der Waals surface area contributed by atoms with E-state index in [2.05, 4.69) is 21.2 Å². The summed E-state index contributed by atoms with van der Waals surface area (Å²) in [7, 11) is 1.64. The van der Waals surface area contributed by atoms with Gasteiger partial charge in [0.2, 0.25) is 0 Å². The lowest BCUT2D eigenvalue weighted by molar-refractivity contribution is -0.192. The van der Waals surface area contributed by atoms with Crippen LogP contribution < -0.4 is 10.1 Å². The number of aliphatic imine (C=N–C) groups is 1. The lowest BCUT2D eigenvalue weighted by Crippen LogP contribution is -2.50. The molecule has 0 aromatic heterocycles. The van der Waals surface area contributed by atoms with Gasteiger partial charge in [-0.25, -0.2) is 14.6 Å². The number of aliphatic carboxylic acids is 1. The Kier molecular flexibility index (Phi) is 11.4. The topological polar surface area (TPSA) is 138 Å². The number of aromatic carboxylic acids is 1. The van der Waals surface area contributed by atoms with Crippen LogP contribution in [0.25, 0.3) is 0 Å². The number of nitrogens with one attached hydrogen (secondary N) is 1. The SMILES string of the molecule is COc1cccc(CN=C(Nc2ccc(C(=O)O)cc2)N2CCN(CCC#N)CC2)c1.O=C(O)C(F)(F)F. The van der Waals surface area contributed by atoms with Crippen LogP contribution in [0.2, 0.25) is 0 Å². The van der Waals surface area contributed by atoms with E-state index in [0.717, 1.165) is 55.7 Å². The number of rotatable bonds is 7. The Morgan fingerprint density at radius 1 is 1.11 bits per heavy atom. The minimum Gasteiger partial charge on any atom is -0.497 e. The van der Waals surface area contributed by atoms with Crippen LogP contribution in [-0.2, 0) is 11.3 Å². The van der Waals surface area contributed by atoms with Crippen molar-refractivity contribution in [1.29, 1.82) is 5.26 Å². The largest absolute Gasteiger partial charge is 0.497 e. The summed E-state index contributed by atoms with van der Waals surface area (Å²) in [5, 5.41) is 28.4. The van der Waals surface area contributed by atoms with Gasteiger partial charge in [0.25, 0.3) is 0 Å². The van der Waals surface area contributed by atoms with E-state index in [4.69, 9.17) is 30.0 Å². The molecule has 0 radical (unpaired) electrons. The summed E-state index contributed by atoms with van der Waals surface area (Å²) in [6.07, 6.45) is -4.55. The van der Waals surface area contributed by atoms with Crippen molar-refractivity contribution in [2.24, 2.45) is 4.99 Å². The second-order valence-corrected chi connectivity index (χ2v) is 8.04. The summed E-state index contributed by atoms with van der Waals surface area (Å²) >= 11 is 0. The number of anilines is 1. The van der Waals surface area contributed by atoms with Crippen molar-refractivity contribution >= 4 is 23.6 Å². The van der Waals surface area contributed by atoms with Crippen molar-refractivity contribution in [3.8, 4) is 11.8 Å². The summed E-state index contributed by atoms with van der Waals surface area (Å²) in [6, 6.07) is 16.6. The van der Waals surface area contributed by atoms with Crippen LogP contribution >= 0.6 is 0 Å². The summed E-state index contributed by atoms with van der Waals surface area (Å²) in [6.45, 7) is 4.58. The summed E-state index contributed by atoms with van der Waals surface area (Å²) in [4.78, 5) is 29.3. The van der Waals surface area contributed by atoms with Crippen LogP contribution in [-0.4, -0.2) is 83.9 Å². The van der Waals surface area contributed by atoms with Gasteiger partial charge in [0.1, 0.15) is 5.75 Å². The number of nitrogens with zero attached hydrogens (tertiary/aromatic N) is 4. The normalized spacial score (nSPS) is 14.1. The number of carbonyl (C=O) groups is 2. The molecule has 0 saturated carbocycles. The summed E-state index contributed by atoms with van der Waals surface area (Å²) in [5.41, 5.74) is 2.06. The van der Waals surface area contributed by atoms with Gasteiger partial charge in [-0.15, -0.1) is 0 Å². The number of nitriles is 1. The van der Waals surface area contributed by atoms with Crippen molar-refractivity contribution in [3.05, 3.63) is 59.7 Å². The smallest absolute Gasteiger partial charge is 0.490 e. The van der Waals surface area contributed by atoms with Crippen LogP contribution in [0, 0.1) is 11.3 Å². The highest BCUT2D eigenvalue weighted by Gasteiger charge is 2.38. The van der Waals surface area contributed by atoms with Gasteiger partial charge in [-0.05, 0) is 42.0 Å². The molecule has 13 heteroatoms. The van der Waals surface area contributed by atoms with Gasteiger partial charge in [0.05, 0.1) is 25.3 Å². The number of carboxylic acids is 2. The van der Waals surface area contributed by atoms with E-state index in [1.807, 2.05) is 24.3 Å². The van der Waals surface area contributed by atoms with E-state index in [-0.39, 0.29) is 5.56 Å². The van der Waals surface area contributed by atoms with Crippen LogP contribution in [0.15, 0.2) is 53.5 Å². The average molecular weight is 536 g/mol. The maximum atomic E-state index is 11.1. The Morgan fingerprint density at radius 3 is 2.26 bits per heavy atom. The molecule has 38 heavy (non-hydrogen) atoms. The van der Waals surface area contributed by atoms with E-state index in [0.29, 0.717) is 13.0 Å². The first-order chi connectivity index (χ1) is 18.0. The number of piperazine rings is 1. The van der Waals surface area contributed by atoms with E-state index in [9.17, 15) is 18.0 Å². The molecule has 3 rings (SSSR count). The van der Waals surface area contributed by atoms with Crippen molar-refractivity contribution in [3.63, 3.8) is 0 Å². The number of ether oxygens (including phenoxy) is 1. The number of carboxylic acid groups (broad SMARTS) is 2. The maximum absolute atomic E-state index is 11.1. The number of hydrogen-bond donors (Lipinski definition) is 3. The number of alkyl halides is 3. The van der Waals surface area contributed by atoms with Crippen LogP contribution in [0.4, 0.5) is 18.9 Å². The number of benzene rings is 2. The fourth-order valence-electron chi connectivity index (χ4n) is 3.37. The Labute approximate surface area is 217 Å². The Hall–Kier alpha value is -4.31. The molecule has 1 aliphatic rings. The van der Waals surface area contributed by atoms with Gasteiger partial charge in [0, 0.05) is 44.8 Å². The minimum absolute atomic E-state index is 0.242. The molecule has 0 unspecified atom stereocenters. The quantitative estimate of drug-likeness (QED) is 0.359. The van der Waals surface area contributed by atoms with Gasteiger partial charge in [0.15, 0.2) is 5.96 Å². The number of guanidine groups is 1. The third-order valence-corrected chi connectivity index (χ3v) is 5.39. The zero-order valence-electron chi connectivity index (χ0n) is 20.6. The first-order valence-corrected chi connectivity index (χ1v) is 11.5. The molecular weight excluding hydrogens is 507 g/mol. The van der Waals surface area contributed by atoms with Crippen molar-refractivity contribution in [1.82, 2.24) is 9.80 Å². The molecule has 0 amide bonds. The van der Waals surface area contributed by atoms with Crippen LogP contribution in [0.1, 0.15) is 22.3 Å². The van der Waals surface area contributed by atoms with Crippen molar-refractivity contribution < 1.29 is 37.7 Å². The Bertz CT molecular complexity index is 1140. The lowest BCUT2D eigenvalue weighted by Gasteiger charge is -2.36. The molecule has 0 atom stereocenters. The zero-order valence-corrected chi connectivity index (χ0v) is 20.6. The van der Waals surface area contributed by atoms with Crippen molar-refractivity contribution in [2.75, 3.05) is 45.2 Å². The number of halogens is 3. The molecular formula is C25H28F3N5O5. The molecule has 1 heterocycles. The summed E-state index contributed by atoms with van der Waals surface area (Å²) in [5.74, 6) is -2.18. The third kappa shape index (κ3) is 9.98. The maximum Gasteiger partial charge on any atom is 0.490 e. The number of hydrogen-bond acceptors (Lipinski definition) is 6. The molecule has 2 aromatic carbocycles. The standard InChI is InChI=1S/C23H27N5O3.C2HF3O2/c1-31-21-5-2-4-18(16-21)17-25-23(26-20-8-6-19(7-9-20)22(29)30)28-14-12-27(13-15-28)11-3-10-24;3-2(4,5)1(6)7/h2,4-9,16H,3,11-15,17H2,1H3,(H,25,26)(H,29,30);(H,6,7). The molecule has 1 saturated heterocycles. The highest BCUT2D eigenvalue weighted by Crippen LogP contribution is 2.16. The predicted molar refractivity (Wildman–Crippen MR) is 133 cm³/mol. The van der Waals surface area contributed by atoms with E-state index >= 15 is 0 Å². The Morgan fingerprint density at radius 2 is 1.74 bits per heavy atom. The van der Waals surface area contributed by atoms with E-state index in [1.165, 1.54) is 0 Å². The molecule has 204 valence electrons. The minimum atomic E-state index is -5.08. The lowest BCUT2D eigenvalue weighted by atomic mass is 10.2. The highest BCUT2D eigenvalue weighted by atomic mass is 19.4. The highest BCUT2D eigenvalue weighted by molar-refractivity contribution is 5.94. The number of methoxy groups -OCH3 is 1. The second kappa shape index (κ2) is 14.4. The van der Waals surface area contributed by atoms with Gasteiger partial charge >= 0.3 is 18.1 Å². The predicted octanol–water partition coefficient (Wildman–Crippen LogP) is 3.53. The van der Waals surface area contributed by atoms with Gasteiger partial charge in [-0.2, -0.15) is 18.4 Å². The van der Waals surface area contributed by atoms with Crippen LogP contribution in [0.3, 0.4) is 0 Å². The van der Waals surface area contributed by atoms with Crippen LogP contribution in [0.5, 0.6) is 5.75 Å². The molecule has 0 bridgehead atoms. The average Bonchev–Trinajstić information content (AvgIpc) is 2.90. The monoisotopic (exact) mass is 535 g/mol. The molecule has 1 aliphatic heterocycles. The van der Waals surface area contributed by atoms with E-state index in [1.54, 1.807) is 31.4 Å². The van der Waals surface area contributed by atoms with E-state index < -0.39 is 18.1 Å². The molecule has 10 nitrogen and oxygen atoms in total. The first-order valence-electron chi connectivity index (χ1n) is 11.5. The third-order valence-electron chi connectivity index (χ3n) is 5.39. The fraction of sp³-hybridized carbons (Fsp3) is 0.360. The van der Waals surface area contributed by atoms with Gasteiger partial charge in [-0.3, -0.25) is 4.90 Å². The fourth-order valence-corrected chi connectivity index (χ4v) is 3.37. The molecule has 2 aromatic rings. The van der Waals surface area contributed by atoms with Crippen molar-refractivity contribution in [2.45, 2.75) is 19.1 Å². The summed E-state index contributed by atoms with van der Waals surface area (Å²) < 4.78 is 37.0. The zero-order chi connectivity index (χ0) is 28.1. The molecule has 0 aliphatic carbocycles. The molecule has 1 fully saturated rings. The Balaban J connectivity index is 0.000000638. The molecule has 3 N–H and O–H groups in total. The van der Waals surface area contributed by atoms with Gasteiger partial charge in [-0.1, -0.05) is 12.1 Å². The first kappa shape index (κ1) is 29.9. The molecule has 0 spiro atoms. The van der Waals surface area contributed by atoms with Gasteiger partial charge < -0.3 is 25.2 Å². The second-order valence-electron chi connectivity index (χ2n) is 8.04.